The van der Waals surface area contributed by atoms with Crippen LogP contribution in [0.1, 0.15) is 24.5 Å². The number of benzene rings is 1. The maximum Gasteiger partial charge on any atom is 0.490 e. The van der Waals surface area contributed by atoms with E-state index < -0.39 is 22.2 Å². The van der Waals surface area contributed by atoms with Gasteiger partial charge in [-0.25, -0.2) is 31.9 Å². The Morgan fingerprint density at radius 2 is 1.76 bits per heavy atom. The molecule has 0 unspecified atom stereocenters. The van der Waals surface area contributed by atoms with E-state index in [1.165, 1.54) is 34.5 Å². The lowest BCUT2D eigenvalue weighted by Crippen LogP contribution is -2.37. The van der Waals surface area contributed by atoms with Gasteiger partial charge in [0, 0.05) is 30.8 Å². The number of nitrogens with zero attached hydrogens (tertiary/aromatic N) is 3. The van der Waals surface area contributed by atoms with Crippen molar-refractivity contribution in [1.29, 1.82) is 0 Å². The number of oxazole rings is 1. The number of piperidine rings is 1. The molecule has 0 aliphatic carbocycles. The fourth-order valence-electron chi connectivity index (χ4n) is 3.34. The molecule has 1 aromatic carbocycles. The highest BCUT2D eigenvalue weighted by Crippen LogP contribution is 2.40. The normalized spacial score (nSPS) is 15.2. The fourth-order valence-corrected chi connectivity index (χ4v) is 5.20. The molecule has 0 saturated carbocycles. The number of carbonyl (C=O) groups is 1. The highest BCUT2D eigenvalue weighted by atomic mass is 35.5. The minimum atomic E-state index is -5.08. The van der Waals surface area contributed by atoms with E-state index in [1.54, 1.807) is 30.5 Å². The third-order valence-corrected chi connectivity index (χ3v) is 7.62. The summed E-state index contributed by atoms with van der Waals surface area (Å²) in [6, 6.07) is 9.49. The van der Waals surface area contributed by atoms with E-state index in [2.05, 4.69) is 4.98 Å². The monoisotopic (exact) mass is 581 g/mol. The van der Waals surface area contributed by atoms with E-state index in [-0.39, 0.29) is 11.7 Å². The van der Waals surface area contributed by atoms with Crippen LogP contribution < -0.4 is 0 Å². The summed E-state index contributed by atoms with van der Waals surface area (Å²) < 4.78 is 76.2. The average molecular weight is 582 g/mol. The number of carboxylic acid groups (broad SMARTS) is 1. The number of hydrogen-bond donors (Lipinski definition) is 1. The smallest absolute Gasteiger partial charge is 0.475 e. The van der Waals surface area contributed by atoms with Crippen LogP contribution in [0.2, 0.25) is 5.02 Å². The second kappa shape index (κ2) is 11.8. The van der Waals surface area contributed by atoms with Gasteiger partial charge in [0.15, 0.2) is 5.09 Å². The number of aromatic nitrogens is 2. The van der Waals surface area contributed by atoms with E-state index in [1.807, 2.05) is 0 Å². The number of hydrogen-bond acceptors (Lipinski definition) is 7. The molecule has 3 heterocycles. The lowest BCUT2D eigenvalue weighted by molar-refractivity contribution is -0.192. The van der Waals surface area contributed by atoms with Crippen LogP contribution in [0.4, 0.5) is 17.6 Å². The standard InChI is InChI=1S/C20H19ClFN3O3S2.C2HF3O2/c1-30(26,27)25-10-8-13(9-11-25)18-20(29-17-7-4-15(21)12-23-17)28-19(24-18)14-2-5-16(22)6-3-14;3-2(4,5)1(6)7/h2-7,12-13H,8-11H2,1H3;(H,6,7). The highest BCUT2D eigenvalue weighted by molar-refractivity contribution is 7.99. The number of pyridine rings is 1. The molecule has 1 saturated heterocycles. The van der Waals surface area contributed by atoms with Crippen LogP contribution in [0.15, 0.2) is 57.1 Å². The third kappa shape index (κ3) is 8.15. The Labute approximate surface area is 218 Å². The van der Waals surface area contributed by atoms with Gasteiger partial charge < -0.3 is 9.52 Å². The molecule has 0 bridgehead atoms. The topological polar surface area (TPSA) is 114 Å². The molecule has 8 nitrogen and oxygen atoms in total. The average Bonchev–Trinajstić information content (AvgIpc) is 3.24. The lowest BCUT2D eigenvalue weighted by atomic mass is 9.95. The molecular weight excluding hydrogens is 562 g/mol. The Bertz CT molecular complexity index is 1330. The molecule has 0 atom stereocenters. The maximum absolute atomic E-state index is 13.3. The molecule has 0 spiro atoms. The van der Waals surface area contributed by atoms with Gasteiger partial charge in [-0.3, -0.25) is 0 Å². The highest BCUT2D eigenvalue weighted by Gasteiger charge is 2.38. The van der Waals surface area contributed by atoms with Crippen LogP contribution in [0, 0.1) is 5.82 Å². The van der Waals surface area contributed by atoms with Gasteiger partial charge in [-0.2, -0.15) is 13.2 Å². The van der Waals surface area contributed by atoms with Crippen LogP contribution in [-0.4, -0.2) is 59.3 Å². The number of halogens is 5. The van der Waals surface area contributed by atoms with E-state index in [0.717, 1.165) is 5.69 Å². The van der Waals surface area contributed by atoms with Gasteiger partial charge in [-0.15, -0.1) is 0 Å². The van der Waals surface area contributed by atoms with Crippen LogP contribution >= 0.6 is 23.4 Å². The minimum Gasteiger partial charge on any atom is -0.475 e. The largest absolute Gasteiger partial charge is 0.490 e. The summed E-state index contributed by atoms with van der Waals surface area (Å²) in [5.41, 5.74) is 1.44. The van der Waals surface area contributed by atoms with E-state index in [9.17, 15) is 26.0 Å². The molecule has 3 aromatic rings. The van der Waals surface area contributed by atoms with Crippen molar-refractivity contribution in [3.8, 4) is 11.5 Å². The molecule has 1 aliphatic heterocycles. The molecule has 1 fully saturated rings. The van der Waals surface area contributed by atoms with E-state index in [0.29, 0.717) is 52.5 Å². The van der Waals surface area contributed by atoms with Gasteiger partial charge in [0.1, 0.15) is 10.8 Å². The molecule has 1 N–H and O–H groups in total. The molecule has 0 amide bonds. The quantitative estimate of drug-likeness (QED) is 0.396. The number of rotatable bonds is 5. The first kappa shape index (κ1) is 28.9. The summed E-state index contributed by atoms with van der Waals surface area (Å²) >= 11 is 7.26. The Kier molecular flexibility index (Phi) is 9.21. The number of alkyl halides is 3. The van der Waals surface area contributed by atoms with Gasteiger partial charge >= 0.3 is 12.1 Å². The first-order valence-corrected chi connectivity index (χ1v) is 13.6. The number of aliphatic carboxylic acids is 1. The zero-order valence-electron chi connectivity index (χ0n) is 19.1. The zero-order chi connectivity index (χ0) is 27.4. The van der Waals surface area contributed by atoms with Gasteiger partial charge in [0.05, 0.1) is 17.0 Å². The van der Waals surface area contributed by atoms with Crippen LogP contribution in [0.3, 0.4) is 0 Å². The van der Waals surface area contributed by atoms with Gasteiger partial charge in [0.25, 0.3) is 0 Å². The third-order valence-electron chi connectivity index (χ3n) is 5.16. The number of carboxylic acids is 1. The van der Waals surface area contributed by atoms with Crippen molar-refractivity contribution in [2.75, 3.05) is 19.3 Å². The molecule has 4 rings (SSSR count). The van der Waals surface area contributed by atoms with Crippen molar-refractivity contribution in [1.82, 2.24) is 14.3 Å². The van der Waals surface area contributed by atoms with Gasteiger partial charge in [0.2, 0.25) is 15.9 Å². The Hall–Kier alpha value is -2.68. The first-order chi connectivity index (χ1) is 17.2. The van der Waals surface area contributed by atoms with Crippen molar-refractivity contribution in [2.45, 2.75) is 35.1 Å². The van der Waals surface area contributed by atoms with E-state index >= 15 is 0 Å². The first-order valence-electron chi connectivity index (χ1n) is 10.6. The summed E-state index contributed by atoms with van der Waals surface area (Å²) in [6.07, 6.45) is -1.01. The second-order valence-electron chi connectivity index (χ2n) is 7.85. The maximum atomic E-state index is 13.3. The molecule has 37 heavy (non-hydrogen) atoms. The van der Waals surface area contributed by atoms with Gasteiger partial charge in [-0.05, 0) is 61.0 Å². The molecule has 2 aromatic heterocycles. The van der Waals surface area contributed by atoms with Crippen molar-refractivity contribution in [3.63, 3.8) is 0 Å². The summed E-state index contributed by atoms with van der Waals surface area (Å²) in [5.74, 6) is -2.64. The summed E-state index contributed by atoms with van der Waals surface area (Å²) in [6.45, 7) is 0.872. The lowest BCUT2D eigenvalue weighted by Gasteiger charge is -2.29. The Balaban J connectivity index is 0.000000479. The molecule has 200 valence electrons. The van der Waals surface area contributed by atoms with Crippen molar-refractivity contribution < 1.29 is 40.3 Å². The molecular formula is C22H20ClF4N3O5S2. The SMILES string of the molecule is CS(=O)(=O)N1CCC(c2nc(-c3ccc(F)cc3)oc2Sc2ccc(Cl)cn2)CC1.O=C(O)C(F)(F)F. The minimum absolute atomic E-state index is 0.0516. The summed E-state index contributed by atoms with van der Waals surface area (Å²) in [4.78, 5) is 17.9. The Morgan fingerprint density at radius 3 is 2.24 bits per heavy atom. The fraction of sp³-hybridized carbons (Fsp3) is 0.318. The molecule has 15 heteroatoms. The van der Waals surface area contributed by atoms with Crippen molar-refractivity contribution in [3.05, 3.63) is 59.1 Å². The van der Waals surface area contributed by atoms with Gasteiger partial charge in [-0.1, -0.05) is 11.6 Å². The predicted molar refractivity (Wildman–Crippen MR) is 127 cm³/mol. The van der Waals surface area contributed by atoms with E-state index in [4.69, 9.17) is 30.9 Å². The van der Waals surface area contributed by atoms with Crippen molar-refractivity contribution >= 4 is 39.4 Å². The summed E-state index contributed by atoms with van der Waals surface area (Å²) in [7, 11) is -3.21. The van der Waals surface area contributed by atoms with Crippen molar-refractivity contribution in [2.24, 2.45) is 0 Å². The predicted octanol–water partition coefficient (Wildman–Crippen LogP) is 5.45. The second-order valence-corrected chi connectivity index (χ2v) is 11.3. The molecule has 0 radical (unpaired) electrons. The van der Waals surface area contributed by atoms with Crippen LogP contribution in [0.25, 0.3) is 11.5 Å². The Morgan fingerprint density at radius 1 is 1.16 bits per heavy atom. The summed E-state index contributed by atoms with van der Waals surface area (Å²) in [5, 5.41) is 8.97. The van der Waals surface area contributed by atoms with Crippen LogP contribution in [0.5, 0.6) is 0 Å². The van der Waals surface area contributed by atoms with Crippen LogP contribution in [-0.2, 0) is 14.8 Å². The zero-order valence-corrected chi connectivity index (χ0v) is 21.5. The number of sulfonamides is 1. The molecule has 1 aliphatic rings.